The third-order valence-electron chi connectivity index (χ3n) is 2.98. The van der Waals surface area contributed by atoms with E-state index in [1.807, 2.05) is 0 Å². The summed E-state index contributed by atoms with van der Waals surface area (Å²) >= 11 is 0. The summed E-state index contributed by atoms with van der Waals surface area (Å²) in [6, 6.07) is 0. The fourth-order valence-electron chi connectivity index (χ4n) is 1.67. The minimum absolute atomic E-state index is 0.412. The monoisotopic (exact) mass is 284 g/mol. The fourth-order valence-corrected chi connectivity index (χ4v) is 1.67. The van der Waals surface area contributed by atoms with Crippen LogP contribution in [0.2, 0.25) is 0 Å². The van der Waals surface area contributed by atoms with E-state index in [2.05, 4.69) is 0 Å². The van der Waals surface area contributed by atoms with Crippen LogP contribution in [0.5, 0.6) is 0 Å². The molecule has 9 heteroatoms. The molecule has 3 unspecified atom stereocenters. The van der Waals surface area contributed by atoms with E-state index in [0.717, 1.165) is 0 Å². The Morgan fingerprint density at radius 2 is 1.84 bits per heavy atom. The molecule has 0 aliphatic carbocycles. The van der Waals surface area contributed by atoms with Crippen molar-refractivity contribution < 1.29 is 45.2 Å². The van der Waals surface area contributed by atoms with Crippen molar-refractivity contribution in [1.82, 2.24) is 0 Å². The van der Waals surface area contributed by atoms with E-state index < -0.39 is 62.7 Å². The molecular weight excluding hydrogens is 264 g/mol. The van der Waals surface area contributed by atoms with Crippen LogP contribution in [0.25, 0.3) is 0 Å². The smallest absolute Gasteiger partial charge is 0.219 e. The largest absolute Gasteiger partial charge is 0.394 e. The molecule has 0 aromatic carbocycles. The molecule has 0 amide bonds. The van der Waals surface area contributed by atoms with Gasteiger partial charge in [0.1, 0.15) is 37.1 Å². The number of aliphatic hydroxyl groups excluding tert-OH is 6. The molecule has 9 nitrogen and oxygen atoms in total. The minimum atomic E-state index is -2.11. The fraction of sp³-hybridized carbons (Fsp3) is 1.00. The average molecular weight is 284 g/mol. The Labute approximate surface area is 109 Å². The van der Waals surface area contributed by atoms with Gasteiger partial charge in [0.2, 0.25) is 5.79 Å². The minimum Gasteiger partial charge on any atom is -0.394 e. The summed E-state index contributed by atoms with van der Waals surface area (Å²) in [6.07, 6.45) is -7.31. The summed E-state index contributed by atoms with van der Waals surface area (Å²) in [6.45, 7) is -2.28. The first-order valence-electron chi connectivity index (χ1n) is 5.77. The zero-order valence-electron chi connectivity index (χ0n) is 10.2. The van der Waals surface area contributed by atoms with Gasteiger partial charge in [-0.15, -0.1) is 0 Å². The van der Waals surface area contributed by atoms with Gasteiger partial charge < -0.3 is 45.2 Å². The van der Waals surface area contributed by atoms with Crippen molar-refractivity contribution in [2.24, 2.45) is 0 Å². The zero-order chi connectivity index (χ0) is 14.6. The molecule has 0 aromatic heterocycles. The third-order valence-corrected chi connectivity index (χ3v) is 2.98. The van der Waals surface area contributed by atoms with E-state index in [9.17, 15) is 20.4 Å². The lowest BCUT2D eigenvalue weighted by atomic mass is 10.1. The first-order chi connectivity index (χ1) is 8.85. The highest BCUT2D eigenvalue weighted by Gasteiger charge is 2.49. The van der Waals surface area contributed by atoms with Gasteiger partial charge in [-0.3, -0.25) is 0 Å². The van der Waals surface area contributed by atoms with Crippen molar-refractivity contribution in [3.05, 3.63) is 0 Å². The van der Waals surface area contributed by atoms with Gasteiger partial charge in [-0.25, -0.2) is 0 Å². The standard InChI is InChI=1S/C10H20O9/c11-1-5(13)8(15)6(14)3-19-10(17)4-18-7(2-12)9(10)16/h5-9,11-17H,1-4H2/t5?,6?,7-,8?,9+,10-/m1/s1. The molecule has 114 valence electrons. The second-order valence-corrected chi connectivity index (χ2v) is 4.44. The molecule has 1 aliphatic rings. The van der Waals surface area contributed by atoms with Crippen LogP contribution < -0.4 is 0 Å². The number of ether oxygens (including phenoxy) is 2. The maximum Gasteiger partial charge on any atom is 0.219 e. The van der Waals surface area contributed by atoms with E-state index in [-0.39, 0.29) is 0 Å². The highest BCUT2D eigenvalue weighted by Crippen LogP contribution is 2.26. The molecule has 1 heterocycles. The highest BCUT2D eigenvalue weighted by molar-refractivity contribution is 4.90. The van der Waals surface area contributed by atoms with Crippen LogP contribution >= 0.6 is 0 Å². The topological polar surface area (TPSA) is 160 Å². The maximum atomic E-state index is 9.87. The summed E-state index contributed by atoms with van der Waals surface area (Å²) in [5, 5.41) is 64.9. The van der Waals surface area contributed by atoms with Crippen LogP contribution in [-0.2, 0) is 9.47 Å². The highest BCUT2D eigenvalue weighted by atomic mass is 16.7. The molecule has 1 rings (SSSR count). The van der Waals surface area contributed by atoms with Gasteiger partial charge in [0.05, 0.1) is 19.8 Å². The summed E-state index contributed by atoms with van der Waals surface area (Å²) < 4.78 is 9.76. The number of aliphatic hydroxyl groups is 7. The second kappa shape index (κ2) is 6.88. The molecule has 0 aromatic rings. The number of hydrogen-bond donors (Lipinski definition) is 7. The molecule has 0 saturated carbocycles. The lowest BCUT2D eigenvalue weighted by Crippen LogP contribution is -2.50. The SMILES string of the molecule is OCC(O)C(O)C(O)CO[C@]1(O)CO[C@H](CO)[C@@H]1O. The van der Waals surface area contributed by atoms with Crippen LogP contribution in [0.1, 0.15) is 0 Å². The van der Waals surface area contributed by atoms with Crippen molar-refractivity contribution >= 4 is 0 Å². The van der Waals surface area contributed by atoms with Gasteiger partial charge in [0.25, 0.3) is 0 Å². The van der Waals surface area contributed by atoms with Crippen LogP contribution in [-0.4, -0.2) is 98.5 Å². The number of rotatable bonds is 7. The maximum absolute atomic E-state index is 9.87. The molecule has 1 saturated heterocycles. The Kier molecular flexibility index (Phi) is 6.05. The van der Waals surface area contributed by atoms with Crippen molar-refractivity contribution in [3.8, 4) is 0 Å². The van der Waals surface area contributed by atoms with Crippen LogP contribution in [0, 0.1) is 0 Å². The lowest BCUT2D eigenvalue weighted by molar-refractivity contribution is -0.255. The molecule has 0 radical (unpaired) electrons. The van der Waals surface area contributed by atoms with Crippen molar-refractivity contribution in [1.29, 1.82) is 0 Å². The third kappa shape index (κ3) is 3.81. The Bertz CT molecular complexity index is 276. The van der Waals surface area contributed by atoms with Gasteiger partial charge in [-0.1, -0.05) is 0 Å². The summed E-state index contributed by atoms with van der Waals surface area (Å²) in [7, 11) is 0. The van der Waals surface area contributed by atoms with Crippen LogP contribution in [0.15, 0.2) is 0 Å². The Morgan fingerprint density at radius 3 is 2.32 bits per heavy atom. The molecule has 7 N–H and O–H groups in total. The van der Waals surface area contributed by atoms with Crippen molar-refractivity contribution in [2.75, 3.05) is 26.4 Å². The predicted octanol–water partition coefficient (Wildman–Crippen LogP) is -4.48. The lowest BCUT2D eigenvalue weighted by Gasteiger charge is -2.29. The molecule has 19 heavy (non-hydrogen) atoms. The van der Waals surface area contributed by atoms with E-state index >= 15 is 0 Å². The summed E-state index contributed by atoms with van der Waals surface area (Å²) in [5.74, 6) is -2.11. The van der Waals surface area contributed by atoms with Crippen molar-refractivity contribution in [3.63, 3.8) is 0 Å². The van der Waals surface area contributed by atoms with Gasteiger partial charge in [0, 0.05) is 0 Å². The van der Waals surface area contributed by atoms with Gasteiger partial charge in [-0.2, -0.15) is 0 Å². The van der Waals surface area contributed by atoms with E-state index in [4.69, 9.17) is 24.8 Å². The van der Waals surface area contributed by atoms with Crippen molar-refractivity contribution in [2.45, 2.75) is 36.3 Å². The normalized spacial score (nSPS) is 36.2. The molecule has 6 atom stereocenters. The van der Waals surface area contributed by atoms with Gasteiger partial charge in [0.15, 0.2) is 0 Å². The Balaban J connectivity index is 2.48. The summed E-state index contributed by atoms with van der Waals surface area (Å²) in [5.41, 5.74) is 0. The van der Waals surface area contributed by atoms with E-state index in [1.165, 1.54) is 0 Å². The first-order valence-corrected chi connectivity index (χ1v) is 5.77. The number of hydrogen-bond acceptors (Lipinski definition) is 9. The predicted molar refractivity (Wildman–Crippen MR) is 58.8 cm³/mol. The Morgan fingerprint density at radius 1 is 1.21 bits per heavy atom. The van der Waals surface area contributed by atoms with Crippen LogP contribution in [0.3, 0.4) is 0 Å². The quantitative estimate of drug-likeness (QED) is 0.229. The molecule has 0 bridgehead atoms. The first kappa shape index (κ1) is 16.7. The summed E-state index contributed by atoms with van der Waals surface area (Å²) in [4.78, 5) is 0. The zero-order valence-corrected chi connectivity index (χ0v) is 10.2. The molecule has 1 fully saturated rings. The molecule has 1 aliphatic heterocycles. The van der Waals surface area contributed by atoms with Gasteiger partial charge >= 0.3 is 0 Å². The Hall–Kier alpha value is -0.360. The van der Waals surface area contributed by atoms with E-state index in [0.29, 0.717) is 0 Å². The van der Waals surface area contributed by atoms with E-state index in [1.54, 1.807) is 0 Å². The molecule has 0 spiro atoms. The average Bonchev–Trinajstić information content (AvgIpc) is 2.70. The molecular formula is C10H20O9. The van der Waals surface area contributed by atoms with Gasteiger partial charge in [-0.05, 0) is 0 Å². The second-order valence-electron chi connectivity index (χ2n) is 4.44. The van der Waals surface area contributed by atoms with Crippen LogP contribution in [0.4, 0.5) is 0 Å².